The van der Waals surface area contributed by atoms with Crippen LogP contribution in [0.25, 0.3) is 49.4 Å². The lowest BCUT2D eigenvalue weighted by atomic mass is 10.1. The number of aromatic nitrogens is 1. The smallest absolute Gasteiger partial charge is 0.135 e. The zero-order valence-corrected chi connectivity index (χ0v) is 21.2. The van der Waals surface area contributed by atoms with Gasteiger partial charge in [0.05, 0.1) is 11.0 Å². The molecule has 0 radical (unpaired) electrons. The van der Waals surface area contributed by atoms with Crippen LogP contribution in [0.5, 0.6) is 0 Å². The molecule has 2 aromatic heterocycles. The highest BCUT2D eigenvalue weighted by Crippen LogP contribution is 2.39. The van der Waals surface area contributed by atoms with Gasteiger partial charge in [0.1, 0.15) is 11.2 Å². The van der Waals surface area contributed by atoms with Gasteiger partial charge in [0.2, 0.25) is 0 Å². The maximum absolute atomic E-state index is 6.10. The van der Waals surface area contributed by atoms with Crippen molar-refractivity contribution in [1.29, 1.82) is 0 Å². The normalized spacial score (nSPS) is 11.6. The van der Waals surface area contributed by atoms with Crippen molar-refractivity contribution in [1.82, 2.24) is 4.57 Å². The Morgan fingerprint density at radius 3 is 1.67 bits per heavy atom. The van der Waals surface area contributed by atoms with Crippen molar-refractivity contribution >= 4 is 60.8 Å². The molecule has 0 atom stereocenters. The Hall–Kier alpha value is -5.28. The number of rotatable bonds is 4. The van der Waals surface area contributed by atoms with Crippen LogP contribution < -0.4 is 4.90 Å². The lowest BCUT2D eigenvalue weighted by Gasteiger charge is -2.26. The van der Waals surface area contributed by atoms with Crippen molar-refractivity contribution in [2.45, 2.75) is 0 Å². The molecule has 0 amide bonds. The molecule has 0 aliphatic heterocycles. The molecule has 0 aliphatic carbocycles. The molecular formula is C36H24N2O. The molecule has 184 valence electrons. The van der Waals surface area contributed by atoms with Crippen molar-refractivity contribution in [3.63, 3.8) is 0 Å². The number of hydrogen-bond acceptors (Lipinski definition) is 2. The molecule has 0 N–H and O–H groups in total. The highest BCUT2D eigenvalue weighted by Gasteiger charge is 2.16. The second-order valence-corrected chi connectivity index (χ2v) is 9.84. The molecular weight excluding hydrogens is 476 g/mol. The van der Waals surface area contributed by atoms with Gasteiger partial charge in [-0.05, 0) is 72.8 Å². The van der Waals surface area contributed by atoms with E-state index in [1.54, 1.807) is 0 Å². The van der Waals surface area contributed by atoms with Gasteiger partial charge < -0.3 is 13.9 Å². The molecule has 8 rings (SSSR count). The number of fused-ring (bicyclic) bond motifs is 6. The van der Waals surface area contributed by atoms with Gasteiger partial charge in [0.25, 0.3) is 0 Å². The number of anilines is 3. The molecule has 2 heterocycles. The topological polar surface area (TPSA) is 21.3 Å². The van der Waals surface area contributed by atoms with E-state index in [9.17, 15) is 0 Å². The van der Waals surface area contributed by atoms with Gasteiger partial charge >= 0.3 is 0 Å². The summed E-state index contributed by atoms with van der Waals surface area (Å²) in [6.45, 7) is 0. The summed E-state index contributed by atoms with van der Waals surface area (Å²) >= 11 is 0. The van der Waals surface area contributed by atoms with E-state index >= 15 is 0 Å². The molecule has 3 heteroatoms. The highest BCUT2D eigenvalue weighted by molar-refractivity contribution is 6.09. The summed E-state index contributed by atoms with van der Waals surface area (Å²) in [6, 6.07) is 51.3. The number of nitrogens with zero attached hydrogens (tertiary/aromatic N) is 2. The summed E-state index contributed by atoms with van der Waals surface area (Å²) in [5.74, 6) is 0. The standard InChI is InChI=1S/C36H24N2O/c1-2-10-25(11-3-1)37(28-22-23-36-32(24-28)31-14-6-9-17-35(31)39-36)26-18-20-27(21-19-26)38-33-15-7-4-12-29(33)30-13-5-8-16-34(30)38/h1-24H. The molecule has 3 nitrogen and oxygen atoms in total. The first kappa shape index (κ1) is 21.8. The van der Waals surface area contributed by atoms with Gasteiger partial charge in [-0.1, -0.05) is 72.8 Å². The molecule has 0 fully saturated rings. The largest absolute Gasteiger partial charge is 0.456 e. The molecule has 0 saturated heterocycles. The van der Waals surface area contributed by atoms with E-state index in [0.717, 1.165) is 44.7 Å². The van der Waals surface area contributed by atoms with Gasteiger partial charge in [0, 0.05) is 44.3 Å². The van der Waals surface area contributed by atoms with E-state index in [2.05, 4.69) is 143 Å². The van der Waals surface area contributed by atoms with E-state index in [4.69, 9.17) is 4.42 Å². The monoisotopic (exact) mass is 500 g/mol. The number of para-hydroxylation sites is 4. The van der Waals surface area contributed by atoms with Crippen LogP contribution in [0.3, 0.4) is 0 Å². The zero-order valence-electron chi connectivity index (χ0n) is 21.2. The maximum atomic E-state index is 6.10. The van der Waals surface area contributed by atoms with Crippen LogP contribution >= 0.6 is 0 Å². The van der Waals surface area contributed by atoms with E-state index in [1.165, 1.54) is 21.8 Å². The highest BCUT2D eigenvalue weighted by atomic mass is 16.3. The Labute approximate surface area is 225 Å². The molecule has 0 aliphatic rings. The Balaban J connectivity index is 1.29. The third-order valence-electron chi connectivity index (χ3n) is 7.58. The molecule has 0 unspecified atom stereocenters. The summed E-state index contributed by atoms with van der Waals surface area (Å²) in [4.78, 5) is 2.30. The van der Waals surface area contributed by atoms with Crippen LogP contribution in [0.1, 0.15) is 0 Å². The third kappa shape index (κ3) is 3.44. The second kappa shape index (κ2) is 8.64. The van der Waals surface area contributed by atoms with Crippen LogP contribution in [-0.2, 0) is 0 Å². The van der Waals surface area contributed by atoms with Gasteiger partial charge in [-0.15, -0.1) is 0 Å². The SMILES string of the molecule is c1ccc(N(c2ccc(-n3c4ccccc4c4ccccc43)cc2)c2ccc3oc4ccccc4c3c2)cc1. The predicted molar refractivity (Wildman–Crippen MR) is 163 cm³/mol. The minimum atomic E-state index is 0.898. The van der Waals surface area contributed by atoms with Crippen molar-refractivity contribution in [2.75, 3.05) is 4.90 Å². The van der Waals surface area contributed by atoms with Crippen molar-refractivity contribution in [2.24, 2.45) is 0 Å². The Morgan fingerprint density at radius 1 is 0.410 bits per heavy atom. The van der Waals surface area contributed by atoms with Gasteiger partial charge in [-0.25, -0.2) is 0 Å². The minimum absolute atomic E-state index is 0.898. The average Bonchev–Trinajstić information content (AvgIpc) is 3.54. The fourth-order valence-corrected chi connectivity index (χ4v) is 5.83. The van der Waals surface area contributed by atoms with E-state index in [0.29, 0.717) is 0 Å². The van der Waals surface area contributed by atoms with Gasteiger partial charge in [0.15, 0.2) is 0 Å². The van der Waals surface area contributed by atoms with E-state index in [-0.39, 0.29) is 0 Å². The van der Waals surface area contributed by atoms with E-state index in [1.807, 2.05) is 12.1 Å². The van der Waals surface area contributed by atoms with Crippen molar-refractivity contribution in [3.05, 3.63) is 146 Å². The number of hydrogen-bond donors (Lipinski definition) is 0. The predicted octanol–water partition coefficient (Wildman–Crippen LogP) is 10.2. The van der Waals surface area contributed by atoms with Crippen molar-refractivity contribution < 1.29 is 4.42 Å². The number of benzene rings is 6. The molecule has 39 heavy (non-hydrogen) atoms. The molecule has 6 aromatic carbocycles. The van der Waals surface area contributed by atoms with E-state index < -0.39 is 0 Å². The van der Waals surface area contributed by atoms with Gasteiger partial charge in [-0.3, -0.25) is 0 Å². The fraction of sp³-hybridized carbons (Fsp3) is 0. The first-order valence-corrected chi connectivity index (χ1v) is 13.2. The Bertz CT molecular complexity index is 2060. The molecule has 0 saturated carbocycles. The van der Waals surface area contributed by atoms with Crippen LogP contribution in [-0.4, -0.2) is 4.57 Å². The minimum Gasteiger partial charge on any atom is -0.456 e. The average molecular weight is 501 g/mol. The molecule has 8 aromatic rings. The van der Waals surface area contributed by atoms with Crippen LogP contribution in [0.15, 0.2) is 150 Å². The first-order chi connectivity index (χ1) is 19.3. The number of furan rings is 1. The lowest BCUT2D eigenvalue weighted by molar-refractivity contribution is 0.669. The molecule has 0 spiro atoms. The van der Waals surface area contributed by atoms with Crippen LogP contribution in [0.4, 0.5) is 17.1 Å². The van der Waals surface area contributed by atoms with Crippen molar-refractivity contribution in [3.8, 4) is 5.69 Å². The zero-order chi connectivity index (χ0) is 25.8. The fourth-order valence-electron chi connectivity index (χ4n) is 5.83. The first-order valence-electron chi connectivity index (χ1n) is 13.2. The Kier molecular flexibility index (Phi) is 4.82. The third-order valence-corrected chi connectivity index (χ3v) is 7.58. The second-order valence-electron chi connectivity index (χ2n) is 9.84. The quantitative estimate of drug-likeness (QED) is 0.240. The maximum Gasteiger partial charge on any atom is 0.135 e. The summed E-state index contributed by atoms with van der Waals surface area (Å²) < 4.78 is 8.46. The summed E-state index contributed by atoms with van der Waals surface area (Å²) in [7, 11) is 0. The van der Waals surface area contributed by atoms with Crippen LogP contribution in [0.2, 0.25) is 0 Å². The van der Waals surface area contributed by atoms with Crippen LogP contribution in [0, 0.1) is 0 Å². The lowest BCUT2D eigenvalue weighted by Crippen LogP contribution is -2.09. The summed E-state index contributed by atoms with van der Waals surface area (Å²) in [6.07, 6.45) is 0. The Morgan fingerprint density at radius 2 is 0.949 bits per heavy atom. The summed E-state index contributed by atoms with van der Waals surface area (Å²) in [5, 5.41) is 4.78. The van der Waals surface area contributed by atoms with Gasteiger partial charge in [-0.2, -0.15) is 0 Å². The molecule has 0 bridgehead atoms. The summed E-state index contributed by atoms with van der Waals surface area (Å²) in [5.41, 5.74) is 8.66.